The average molecular weight is 535 g/mol. The van der Waals surface area contributed by atoms with E-state index in [-0.39, 0.29) is 18.4 Å². The fraction of sp³-hybridized carbons (Fsp3) is 0.556. The molecule has 0 saturated carbocycles. The summed E-state index contributed by atoms with van der Waals surface area (Å²) in [6.45, 7) is 10.00. The van der Waals surface area contributed by atoms with Gasteiger partial charge in [0, 0.05) is 55.6 Å². The number of hydrogen-bond acceptors (Lipinski definition) is 3. The summed E-state index contributed by atoms with van der Waals surface area (Å²) in [5.41, 5.74) is 2.30. The Morgan fingerprint density at radius 3 is 2.35 bits per heavy atom. The molecule has 188 valence electrons. The second kappa shape index (κ2) is 15.7. The second-order valence-electron chi connectivity index (χ2n) is 8.54. The summed E-state index contributed by atoms with van der Waals surface area (Å²) in [6, 6.07) is 12.4. The van der Waals surface area contributed by atoms with Gasteiger partial charge in [-0.15, -0.1) is 0 Å². The molecule has 0 fully saturated rings. The molecule has 7 heteroatoms. The molecule has 2 rings (SSSR count). The van der Waals surface area contributed by atoms with E-state index in [1.54, 1.807) is 4.90 Å². The van der Waals surface area contributed by atoms with Crippen molar-refractivity contribution < 1.29 is 14.3 Å². The van der Waals surface area contributed by atoms with Crippen molar-refractivity contribution in [2.24, 2.45) is 0 Å². The molecule has 34 heavy (non-hydrogen) atoms. The predicted octanol–water partition coefficient (Wildman–Crippen LogP) is 5.48. The minimum atomic E-state index is 0.00528. The van der Waals surface area contributed by atoms with E-state index >= 15 is 0 Å². The zero-order valence-electron chi connectivity index (χ0n) is 21.0. The van der Waals surface area contributed by atoms with Gasteiger partial charge in [0.05, 0.1) is 13.1 Å². The summed E-state index contributed by atoms with van der Waals surface area (Å²) in [4.78, 5) is 29.7. The number of nitrogens with zero attached hydrogens (tertiary/aromatic N) is 3. The Labute approximate surface area is 213 Å². The topological polar surface area (TPSA) is 54.8 Å². The highest BCUT2D eigenvalue weighted by Crippen LogP contribution is 2.15. The van der Waals surface area contributed by atoms with Crippen LogP contribution in [0.3, 0.4) is 0 Å². The van der Waals surface area contributed by atoms with Crippen molar-refractivity contribution in [1.82, 2.24) is 14.4 Å². The minimum absolute atomic E-state index is 0.00528. The van der Waals surface area contributed by atoms with Gasteiger partial charge in [-0.2, -0.15) is 0 Å². The maximum Gasteiger partial charge on any atom is 0.242 e. The third-order valence-corrected chi connectivity index (χ3v) is 6.27. The van der Waals surface area contributed by atoms with E-state index in [1.165, 1.54) is 5.56 Å². The van der Waals surface area contributed by atoms with Gasteiger partial charge in [0.15, 0.2) is 0 Å². The van der Waals surface area contributed by atoms with Gasteiger partial charge in [-0.25, -0.2) is 0 Å². The number of carbonyl (C=O) groups is 2. The highest BCUT2D eigenvalue weighted by molar-refractivity contribution is 9.10. The van der Waals surface area contributed by atoms with E-state index in [9.17, 15) is 9.59 Å². The van der Waals surface area contributed by atoms with Crippen molar-refractivity contribution in [3.63, 3.8) is 0 Å². The molecule has 0 aliphatic carbocycles. The lowest BCUT2D eigenvalue weighted by Gasteiger charge is -2.28. The Hall–Kier alpha value is -2.12. The SMILES string of the molecule is CCCCN(Cc1cccn1Cc1ccc(Br)cc1)C(=O)CN(CCCOCC)C(=O)CCC. The van der Waals surface area contributed by atoms with Gasteiger partial charge >= 0.3 is 0 Å². The fourth-order valence-corrected chi connectivity index (χ4v) is 4.06. The predicted molar refractivity (Wildman–Crippen MR) is 141 cm³/mol. The molecular weight excluding hydrogens is 494 g/mol. The molecule has 1 heterocycles. The van der Waals surface area contributed by atoms with Crippen molar-refractivity contribution in [3.8, 4) is 0 Å². The van der Waals surface area contributed by atoms with Gasteiger partial charge in [0.1, 0.15) is 0 Å². The molecule has 6 nitrogen and oxygen atoms in total. The van der Waals surface area contributed by atoms with Crippen LogP contribution in [0.25, 0.3) is 0 Å². The summed E-state index contributed by atoms with van der Waals surface area (Å²) >= 11 is 3.49. The van der Waals surface area contributed by atoms with Crippen molar-refractivity contribution in [3.05, 3.63) is 58.3 Å². The van der Waals surface area contributed by atoms with Crippen LogP contribution in [0.2, 0.25) is 0 Å². The van der Waals surface area contributed by atoms with Crippen LogP contribution >= 0.6 is 15.9 Å². The van der Waals surface area contributed by atoms with Crippen LogP contribution in [-0.2, 0) is 27.4 Å². The molecule has 0 spiro atoms. The maximum atomic E-state index is 13.4. The second-order valence-corrected chi connectivity index (χ2v) is 9.45. The largest absolute Gasteiger partial charge is 0.382 e. The monoisotopic (exact) mass is 533 g/mol. The quantitative estimate of drug-likeness (QED) is 0.268. The molecule has 0 saturated heterocycles. The van der Waals surface area contributed by atoms with Gasteiger partial charge in [-0.05, 0) is 56.0 Å². The van der Waals surface area contributed by atoms with E-state index in [0.29, 0.717) is 39.3 Å². The first-order valence-corrected chi connectivity index (χ1v) is 13.3. The molecule has 1 aromatic heterocycles. The van der Waals surface area contributed by atoms with Gasteiger partial charge in [0.2, 0.25) is 11.8 Å². The van der Waals surface area contributed by atoms with Crippen LogP contribution in [0.4, 0.5) is 0 Å². The highest BCUT2D eigenvalue weighted by Gasteiger charge is 2.21. The number of ether oxygens (including phenoxy) is 1. The van der Waals surface area contributed by atoms with Crippen molar-refractivity contribution in [1.29, 1.82) is 0 Å². The summed E-state index contributed by atoms with van der Waals surface area (Å²) in [5, 5.41) is 0. The number of carbonyl (C=O) groups excluding carboxylic acids is 2. The number of hydrogen-bond donors (Lipinski definition) is 0. The summed E-state index contributed by atoms with van der Waals surface area (Å²) in [6.07, 6.45) is 5.99. The van der Waals surface area contributed by atoms with Crippen LogP contribution in [0.1, 0.15) is 64.1 Å². The molecule has 0 N–H and O–H groups in total. The molecule has 2 aromatic rings. The van der Waals surface area contributed by atoms with Gasteiger partial charge in [0.25, 0.3) is 0 Å². The molecule has 2 amide bonds. The summed E-state index contributed by atoms with van der Waals surface area (Å²) in [7, 11) is 0. The first-order chi connectivity index (χ1) is 16.5. The average Bonchev–Trinajstić information content (AvgIpc) is 3.26. The van der Waals surface area contributed by atoms with E-state index < -0.39 is 0 Å². The van der Waals surface area contributed by atoms with E-state index in [1.807, 2.05) is 36.9 Å². The molecule has 1 aromatic carbocycles. The standard InChI is InChI=1S/C27H40BrN3O3/c1-4-7-16-30(27(33)22-31(26(32)10-5-2)18-9-19-34-6-3)21-25-11-8-17-29(25)20-23-12-14-24(28)15-13-23/h8,11-15,17H,4-7,9-10,16,18-22H2,1-3H3. The number of rotatable bonds is 16. The van der Waals surface area contributed by atoms with Crippen molar-refractivity contribution >= 4 is 27.7 Å². The Bertz CT molecular complexity index is 866. The van der Waals surface area contributed by atoms with E-state index in [0.717, 1.165) is 42.4 Å². The zero-order valence-corrected chi connectivity index (χ0v) is 22.6. The van der Waals surface area contributed by atoms with Gasteiger partial charge < -0.3 is 19.1 Å². The third-order valence-electron chi connectivity index (χ3n) is 5.74. The van der Waals surface area contributed by atoms with Gasteiger partial charge in [-0.1, -0.05) is 48.3 Å². The Morgan fingerprint density at radius 2 is 1.68 bits per heavy atom. The molecule has 0 radical (unpaired) electrons. The normalized spacial score (nSPS) is 10.9. The van der Waals surface area contributed by atoms with Crippen LogP contribution in [-0.4, -0.2) is 59.0 Å². The minimum Gasteiger partial charge on any atom is -0.382 e. The number of halogens is 1. The number of amides is 2. The fourth-order valence-electron chi connectivity index (χ4n) is 3.80. The summed E-state index contributed by atoms with van der Waals surface area (Å²) < 4.78 is 8.68. The maximum absolute atomic E-state index is 13.4. The molecule has 0 unspecified atom stereocenters. The van der Waals surface area contributed by atoms with Crippen LogP contribution < -0.4 is 0 Å². The lowest BCUT2D eigenvalue weighted by molar-refractivity contribution is -0.141. The Kier molecular flexibility index (Phi) is 13.0. The van der Waals surface area contributed by atoms with Crippen LogP contribution in [0.15, 0.2) is 47.1 Å². The molecule has 0 atom stereocenters. The summed E-state index contributed by atoms with van der Waals surface area (Å²) in [5.74, 6) is 0.0482. The zero-order chi connectivity index (χ0) is 24.8. The Balaban J connectivity index is 2.09. The number of unbranched alkanes of at least 4 members (excludes halogenated alkanes) is 1. The van der Waals surface area contributed by atoms with Crippen LogP contribution in [0.5, 0.6) is 0 Å². The molecule has 0 bridgehead atoms. The molecule has 0 aliphatic heterocycles. The smallest absolute Gasteiger partial charge is 0.242 e. The van der Waals surface area contributed by atoms with E-state index in [4.69, 9.17) is 4.74 Å². The van der Waals surface area contributed by atoms with E-state index in [2.05, 4.69) is 51.8 Å². The van der Waals surface area contributed by atoms with Crippen LogP contribution in [0, 0.1) is 0 Å². The lowest BCUT2D eigenvalue weighted by Crippen LogP contribution is -2.43. The molecule has 0 aliphatic rings. The molecular formula is C27H40BrN3O3. The van der Waals surface area contributed by atoms with Crippen molar-refractivity contribution in [2.45, 2.75) is 66.0 Å². The lowest BCUT2D eigenvalue weighted by atomic mass is 10.2. The van der Waals surface area contributed by atoms with Gasteiger partial charge in [-0.3, -0.25) is 9.59 Å². The van der Waals surface area contributed by atoms with Crippen molar-refractivity contribution in [2.75, 3.05) is 32.8 Å². The Morgan fingerprint density at radius 1 is 0.941 bits per heavy atom. The number of aromatic nitrogens is 1. The highest BCUT2D eigenvalue weighted by atomic mass is 79.9. The first-order valence-electron chi connectivity index (χ1n) is 12.5. The number of benzene rings is 1. The third kappa shape index (κ3) is 9.63. The first kappa shape index (κ1) is 28.1.